The summed E-state index contributed by atoms with van der Waals surface area (Å²) in [7, 11) is 1.34. The Morgan fingerprint density at radius 2 is 2.00 bits per heavy atom. The number of aromatic nitrogens is 2. The Balaban J connectivity index is 1.96. The van der Waals surface area contributed by atoms with Crippen molar-refractivity contribution in [1.29, 1.82) is 0 Å². The van der Waals surface area contributed by atoms with Gasteiger partial charge < -0.3 is 20.5 Å². The van der Waals surface area contributed by atoms with Crippen molar-refractivity contribution in [2.24, 2.45) is 11.7 Å². The van der Waals surface area contributed by atoms with Crippen LogP contribution in [0, 0.1) is 5.92 Å². The Hall–Kier alpha value is -3.14. The lowest BCUT2D eigenvalue weighted by atomic mass is 9.78. The summed E-state index contributed by atoms with van der Waals surface area (Å²) in [5.74, 6) is -1.86. The van der Waals surface area contributed by atoms with Crippen molar-refractivity contribution in [3.63, 3.8) is 0 Å². The summed E-state index contributed by atoms with van der Waals surface area (Å²) in [6.45, 7) is 5.61. The van der Waals surface area contributed by atoms with E-state index in [1.165, 1.54) is 37.6 Å². The minimum Gasteiger partial charge on any atom is -0.481 e. The third kappa shape index (κ3) is 4.48. The fourth-order valence-electron chi connectivity index (χ4n) is 3.71. The van der Waals surface area contributed by atoms with Crippen LogP contribution in [0.4, 0.5) is 14.5 Å². The number of primary amides is 1. The second-order valence-electron chi connectivity index (χ2n) is 7.87. The second kappa shape index (κ2) is 8.54. The van der Waals surface area contributed by atoms with Crippen molar-refractivity contribution in [2.45, 2.75) is 44.8 Å². The van der Waals surface area contributed by atoms with Crippen molar-refractivity contribution in [3.05, 3.63) is 47.4 Å². The van der Waals surface area contributed by atoms with Crippen LogP contribution in [0.2, 0.25) is 0 Å². The molecule has 1 aliphatic rings. The van der Waals surface area contributed by atoms with E-state index in [1.54, 1.807) is 0 Å². The van der Waals surface area contributed by atoms with Gasteiger partial charge in [0.25, 0.3) is 18.2 Å². The van der Waals surface area contributed by atoms with Crippen LogP contribution in [-0.4, -0.2) is 40.6 Å². The summed E-state index contributed by atoms with van der Waals surface area (Å²) in [6.07, 6.45) is -2.35. The molecule has 2 aromatic rings. The lowest BCUT2D eigenvalue weighted by Crippen LogP contribution is -2.33. The fraction of sp³-hybridized carbons (Fsp3) is 0.429. The molecule has 8 nitrogen and oxygen atoms in total. The summed E-state index contributed by atoms with van der Waals surface area (Å²) in [5, 5.41) is 2.71. The Morgan fingerprint density at radius 1 is 1.29 bits per heavy atom. The first kappa shape index (κ1) is 22.5. The molecule has 0 bridgehead atoms. The molecule has 0 saturated carbocycles. The molecule has 0 aliphatic carbocycles. The van der Waals surface area contributed by atoms with Gasteiger partial charge in [0.15, 0.2) is 0 Å². The maximum Gasteiger partial charge on any atom is 0.280 e. The van der Waals surface area contributed by atoms with Gasteiger partial charge in [-0.2, -0.15) is 0 Å². The summed E-state index contributed by atoms with van der Waals surface area (Å²) in [6, 6.07) is 5.59. The van der Waals surface area contributed by atoms with E-state index in [1.807, 2.05) is 20.8 Å². The molecule has 3 heterocycles. The Kier molecular flexibility index (Phi) is 6.21. The molecule has 2 aromatic heterocycles. The Bertz CT molecular complexity index is 999. The van der Waals surface area contributed by atoms with Crippen LogP contribution in [0.25, 0.3) is 0 Å². The lowest BCUT2D eigenvalue weighted by Gasteiger charge is -2.25. The first-order valence-electron chi connectivity index (χ1n) is 9.62. The molecule has 3 N–H and O–H groups in total. The molecule has 3 rings (SSSR count). The smallest absolute Gasteiger partial charge is 0.280 e. The predicted molar refractivity (Wildman–Crippen MR) is 108 cm³/mol. The van der Waals surface area contributed by atoms with Crippen LogP contribution in [0.1, 0.15) is 54.9 Å². The number of nitrogens with one attached hydrogen (secondary N) is 1. The van der Waals surface area contributed by atoms with Crippen molar-refractivity contribution in [2.75, 3.05) is 12.4 Å². The average molecular weight is 434 g/mol. The molecule has 0 radical (unpaired) electrons. The highest BCUT2D eigenvalue weighted by atomic mass is 19.3. The Labute approximate surface area is 178 Å². The predicted octanol–water partition coefficient (Wildman–Crippen LogP) is 3.06. The van der Waals surface area contributed by atoms with E-state index in [0.717, 1.165) is 0 Å². The maximum atomic E-state index is 13.1. The molecule has 10 heteroatoms. The molecule has 0 unspecified atom stereocenters. The van der Waals surface area contributed by atoms with Crippen LogP contribution < -0.4 is 15.8 Å². The van der Waals surface area contributed by atoms with Crippen molar-refractivity contribution in [3.8, 4) is 5.88 Å². The second-order valence-corrected chi connectivity index (χ2v) is 7.87. The summed E-state index contributed by atoms with van der Waals surface area (Å²) in [4.78, 5) is 32.2. The molecule has 3 atom stereocenters. The number of halogens is 2. The van der Waals surface area contributed by atoms with Crippen LogP contribution in [0.15, 0.2) is 30.5 Å². The molecule has 0 aromatic carbocycles. The van der Waals surface area contributed by atoms with Gasteiger partial charge in [0.2, 0.25) is 5.88 Å². The number of methoxy groups -OCH3 is 1. The van der Waals surface area contributed by atoms with Gasteiger partial charge >= 0.3 is 0 Å². The number of pyridine rings is 2. The molecule has 2 amide bonds. The van der Waals surface area contributed by atoms with Gasteiger partial charge in [-0.05, 0) is 38.0 Å². The maximum absolute atomic E-state index is 13.1. The van der Waals surface area contributed by atoms with Crippen molar-refractivity contribution < 1.29 is 27.8 Å². The minimum absolute atomic E-state index is 0.00356. The standard InChI is InChI=1S/C21H24F2N4O4/c1-10-15(12-5-6-13(17(22)23)27-20(12)30-4)16(31-21(10,2)3)19(29)26-11-7-8-25-14(9-11)18(24)28/h5-10,15-17H,1-4H3,(H2,24,28)(H,25,26,29)/t10-,15-,16+/m0/s1. The number of hydrogen-bond acceptors (Lipinski definition) is 6. The number of hydrogen-bond donors (Lipinski definition) is 2. The monoisotopic (exact) mass is 434 g/mol. The zero-order valence-electron chi connectivity index (χ0n) is 17.6. The molecule has 1 aliphatic heterocycles. The molecule has 1 saturated heterocycles. The number of ether oxygens (including phenoxy) is 2. The molecular formula is C21H24F2N4O4. The van der Waals surface area contributed by atoms with E-state index in [0.29, 0.717) is 11.3 Å². The van der Waals surface area contributed by atoms with Crippen molar-refractivity contribution >= 4 is 17.5 Å². The summed E-state index contributed by atoms with van der Waals surface area (Å²) in [5.41, 5.74) is 4.97. The Morgan fingerprint density at radius 3 is 2.61 bits per heavy atom. The number of nitrogens with two attached hydrogens (primary N) is 1. The van der Waals surface area contributed by atoms with Gasteiger partial charge in [-0.1, -0.05) is 13.0 Å². The lowest BCUT2D eigenvalue weighted by molar-refractivity contribution is -0.131. The number of carbonyl (C=O) groups is 2. The highest BCUT2D eigenvalue weighted by Gasteiger charge is 2.51. The molecule has 166 valence electrons. The third-order valence-electron chi connectivity index (χ3n) is 5.62. The normalized spacial score (nSPS) is 22.4. The number of nitrogens with zero attached hydrogens (tertiary/aromatic N) is 2. The first-order chi connectivity index (χ1) is 14.5. The minimum atomic E-state index is -2.75. The van der Waals surface area contributed by atoms with Crippen LogP contribution in [0.5, 0.6) is 5.88 Å². The van der Waals surface area contributed by atoms with Crippen LogP contribution >= 0.6 is 0 Å². The largest absolute Gasteiger partial charge is 0.481 e. The summed E-state index contributed by atoms with van der Waals surface area (Å²) < 4.78 is 37.5. The quantitative estimate of drug-likeness (QED) is 0.722. The molecule has 31 heavy (non-hydrogen) atoms. The van der Waals surface area contributed by atoms with Crippen molar-refractivity contribution in [1.82, 2.24) is 9.97 Å². The number of anilines is 1. The van der Waals surface area contributed by atoms with E-state index in [9.17, 15) is 18.4 Å². The average Bonchev–Trinajstić information content (AvgIpc) is 2.97. The highest BCUT2D eigenvalue weighted by molar-refractivity contribution is 5.97. The van der Waals surface area contributed by atoms with E-state index < -0.39 is 41.6 Å². The third-order valence-corrected chi connectivity index (χ3v) is 5.62. The number of amides is 2. The molecule has 1 fully saturated rings. The van der Waals surface area contributed by atoms with Gasteiger partial charge in [-0.15, -0.1) is 0 Å². The van der Waals surface area contributed by atoms with Gasteiger partial charge in [0, 0.05) is 23.4 Å². The van der Waals surface area contributed by atoms with E-state index in [-0.39, 0.29) is 17.5 Å². The van der Waals surface area contributed by atoms with E-state index in [4.69, 9.17) is 15.2 Å². The first-order valence-corrected chi connectivity index (χ1v) is 9.62. The topological polar surface area (TPSA) is 116 Å². The number of carbonyl (C=O) groups excluding carboxylic acids is 2. The SMILES string of the molecule is COc1nc(C(F)F)ccc1[C@H]1[C@H](C(=O)Nc2ccnc(C(N)=O)c2)OC(C)(C)[C@H]1C. The van der Waals surface area contributed by atoms with Gasteiger partial charge in [0.1, 0.15) is 17.5 Å². The zero-order chi connectivity index (χ0) is 22.9. The van der Waals surface area contributed by atoms with E-state index in [2.05, 4.69) is 15.3 Å². The highest BCUT2D eigenvalue weighted by Crippen LogP contribution is 2.48. The van der Waals surface area contributed by atoms with Gasteiger partial charge in [-0.25, -0.2) is 13.8 Å². The van der Waals surface area contributed by atoms with Crippen LogP contribution in [0.3, 0.4) is 0 Å². The fourth-order valence-corrected chi connectivity index (χ4v) is 3.71. The zero-order valence-corrected chi connectivity index (χ0v) is 17.6. The number of rotatable bonds is 6. The number of alkyl halides is 2. The molecule has 0 spiro atoms. The van der Waals surface area contributed by atoms with E-state index >= 15 is 0 Å². The van der Waals surface area contributed by atoms with Crippen LogP contribution in [-0.2, 0) is 9.53 Å². The summed E-state index contributed by atoms with van der Waals surface area (Å²) >= 11 is 0. The molecular weight excluding hydrogens is 410 g/mol. The van der Waals surface area contributed by atoms with Gasteiger partial charge in [0.05, 0.1) is 12.7 Å². The van der Waals surface area contributed by atoms with Gasteiger partial charge in [-0.3, -0.25) is 14.6 Å².